The Morgan fingerprint density at radius 1 is 1.12 bits per heavy atom. The third-order valence-corrected chi connectivity index (χ3v) is 5.11. The number of ether oxygens (including phenoxy) is 3. The van der Waals surface area contributed by atoms with E-state index in [1.54, 1.807) is 58.9 Å². The number of hydrogen-bond donors (Lipinski definition) is 1. The number of fused-ring (bicyclic) bond motifs is 2. The Hall–Kier alpha value is -4.43. The SMILES string of the molecule is CC.COC.C\C=C/C(=C\C=C\OC1=C2C=CC(OC)=CC(=NC=C1)C2)NC(=O)/C(C)=N/OCC1=CC=CCC=C1. The Morgan fingerprint density at radius 2 is 1.90 bits per heavy atom. The molecule has 0 saturated carbocycles. The summed E-state index contributed by atoms with van der Waals surface area (Å²) in [5.74, 6) is 1.07. The van der Waals surface area contributed by atoms with E-state index in [9.17, 15) is 4.79 Å². The molecule has 220 valence electrons. The number of amides is 1. The van der Waals surface area contributed by atoms with Crippen LogP contribution < -0.4 is 5.32 Å². The van der Waals surface area contributed by atoms with Crippen LogP contribution in [0.25, 0.3) is 0 Å². The number of nitrogens with one attached hydrogen (secondary N) is 1. The first-order chi connectivity index (χ1) is 20.0. The van der Waals surface area contributed by atoms with Gasteiger partial charge in [0, 0.05) is 49.9 Å². The van der Waals surface area contributed by atoms with Crippen molar-refractivity contribution in [3.63, 3.8) is 0 Å². The van der Waals surface area contributed by atoms with Crippen LogP contribution in [0.4, 0.5) is 0 Å². The molecule has 0 aromatic rings. The highest BCUT2D eigenvalue weighted by Gasteiger charge is 2.13. The van der Waals surface area contributed by atoms with Gasteiger partial charge in [0.15, 0.2) is 0 Å². The smallest absolute Gasteiger partial charge is 0.273 e. The molecule has 2 bridgehead atoms. The summed E-state index contributed by atoms with van der Waals surface area (Å²) in [6.07, 6.45) is 29.4. The number of nitrogens with zero attached hydrogens (tertiary/aromatic N) is 2. The summed E-state index contributed by atoms with van der Waals surface area (Å²) in [6, 6.07) is 0. The zero-order valence-corrected chi connectivity index (χ0v) is 25.2. The average Bonchev–Trinajstić information content (AvgIpc) is 3.44. The van der Waals surface area contributed by atoms with Crippen molar-refractivity contribution >= 4 is 17.3 Å². The van der Waals surface area contributed by atoms with Crippen LogP contribution in [0.2, 0.25) is 0 Å². The molecule has 1 N–H and O–H groups in total. The van der Waals surface area contributed by atoms with Crippen LogP contribution in [-0.4, -0.2) is 45.3 Å². The molecule has 8 nitrogen and oxygen atoms in total. The van der Waals surface area contributed by atoms with Gasteiger partial charge >= 0.3 is 0 Å². The van der Waals surface area contributed by atoms with Crippen molar-refractivity contribution in [3.8, 4) is 0 Å². The predicted molar refractivity (Wildman–Crippen MR) is 168 cm³/mol. The molecule has 1 heterocycles. The van der Waals surface area contributed by atoms with E-state index in [2.05, 4.69) is 26.3 Å². The standard InChI is InChI=1S/C29H31N3O4.C2H6O.C2H6/c1-4-10-25(31-29(33)22(2)32-36-21-23-11-7-5-6-8-12-23)13-9-18-35-28-16-17-30-26-19-24(28)14-15-27(20-26)34-3;1-3-2;1-2/h4-5,7-18,20H,6,19,21H2,1-3H3,(H,31,33);1-2H3;1-2H3/b10-4-,18-9+,25-13+,32-22+;;. The lowest BCUT2D eigenvalue weighted by Gasteiger charge is -2.07. The fourth-order valence-electron chi connectivity index (χ4n) is 3.26. The maximum Gasteiger partial charge on any atom is 0.273 e. The highest BCUT2D eigenvalue weighted by atomic mass is 16.6. The summed E-state index contributed by atoms with van der Waals surface area (Å²) in [5, 5.41) is 6.77. The third kappa shape index (κ3) is 14.0. The first kappa shape index (κ1) is 34.6. The van der Waals surface area contributed by atoms with Crippen LogP contribution in [0, 0.1) is 0 Å². The van der Waals surface area contributed by atoms with Crippen LogP contribution >= 0.6 is 0 Å². The number of hydrogen-bond acceptors (Lipinski definition) is 7. The molecule has 0 fully saturated rings. The summed E-state index contributed by atoms with van der Waals surface area (Å²) in [5.41, 5.74) is 3.66. The van der Waals surface area contributed by atoms with Crippen LogP contribution in [0.15, 0.2) is 130 Å². The number of allylic oxidation sites excluding steroid dienone is 13. The molecule has 41 heavy (non-hydrogen) atoms. The minimum Gasteiger partial charge on any atom is -0.497 e. The van der Waals surface area contributed by atoms with Crippen molar-refractivity contribution in [1.82, 2.24) is 5.32 Å². The Kier molecular flexibility index (Phi) is 18.1. The highest BCUT2D eigenvalue weighted by molar-refractivity contribution is 6.38. The van der Waals surface area contributed by atoms with Gasteiger partial charge in [0.2, 0.25) is 0 Å². The Morgan fingerprint density at radius 3 is 2.63 bits per heavy atom. The van der Waals surface area contributed by atoms with E-state index in [4.69, 9.17) is 14.3 Å². The summed E-state index contributed by atoms with van der Waals surface area (Å²) < 4.78 is 15.4. The first-order valence-electron chi connectivity index (χ1n) is 13.5. The van der Waals surface area contributed by atoms with Crippen molar-refractivity contribution in [2.75, 3.05) is 27.9 Å². The van der Waals surface area contributed by atoms with E-state index < -0.39 is 0 Å². The van der Waals surface area contributed by atoms with Gasteiger partial charge in [-0.3, -0.25) is 9.79 Å². The zero-order valence-electron chi connectivity index (χ0n) is 25.2. The van der Waals surface area contributed by atoms with Crippen LogP contribution in [-0.2, 0) is 23.8 Å². The lowest BCUT2D eigenvalue weighted by atomic mass is 10.1. The molecule has 1 aliphatic heterocycles. The topological polar surface area (TPSA) is 90.7 Å². The minimum atomic E-state index is -0.356. The van der Waals surface area contributed by atoms with E-state index >= 15 is 0 Å². The number of methoxy groups -OCH3 is 2. The average molecular weight is 562 g/mol. The van der Waals surface area contributed by atoms with Gasteiger partial charge in [0.25, 0.3) is 5.91 Å². The van der Waals surface area contributed by atoms with E-state index in [0.29, 0.717) is 24.5 Å². The number of carbonyl (C=O) groups excluding carboxylic acids is 1. The molecular formula is C33H43N3O5. The molecule has 1 amide bonds. The number of rotatable bonds is 10. The van der Waals surface area contributed by atoms with Gasteiger partial charge in [-0.15, -0.1) is 0 Å². The first-order valence-corrected chi connectivity index (χ1v) is 13.5. The van der Waals surface area contributed by atoms with Gasteiger partial charge in [-0.1, -0.05) is 61.5 Å². The zero-order chi connectivity index (χ0) is 30.3. The quantitative estimate of drug-likeness (QED) is 0.135. The Balaban J connectivity index is 0.00000157. The second kappa shape index (κ2) is 21.4. The van der Waals surface area contributed by atoms with Gasteiger partial charge in [0.1, 0.15) is 23.8 Å². The van der Waals surface area contributed by atoms with E-state index in [1.165, 1.54) is 0 Å². The number of aliphatic imine (C=N–C) groups is 1. The van der Waals surface area contributed by atoms with Crippen LogP contribution in [0.3, 0.4) is 0 Å². The lowest BCUT2D eigenvalue weighted by molar-refractivity contribution is -0.114. The minimum absolute atomic E-state index is 0.218. The van der Waals surface area contributed by atoms with Crippen molar-refractivity contribution in [2.24, 2.45) is 10.1 Å². The number of carbonyl (C=O) groups is 1. The van der Waals surface area contributed by atoms with Gasteiger partial charge in [-0.05, 0) is 56.2 Å². The molecule has 0 aromatic carbocycles. The summed E-state index contributed by atoms with van der Waals surface area (Å²) in [4.78, 5) is 22.3. The summed E-state index contributed by atoms with van der Waals surface area (Å²) in [7, 11) is 4.88. The molecule has 0 unspecified atom stereocenters. The molecule has 0 saturated heterocycles. The summed E-state index contributed by atoms with van der Waals surface area (Å²) >= 11 is 0. The molecule has 0 atom stereocenters. The van der Waals surface area contributed by atoms with Crippen molar-refractivity contribution in [2.45, 2.75) is 40.5 Å². The predicted octanol–water partition coefficient (Wildman–Crippen LogP) is 6.93. The van der Waals surface area contributed by atoms with Gasteiger partial charge in [-0.25, -0.2) is 0 Å². The highest BCUT2D eigenvalue weighted by Crippen LogP contribution is 2.22. The second-order valence-corrected chi connectivity index (χ2v) is 8.28. The van der Waals surface area contributed by atoms with E-state index in [0.717, 1.165) is 29.0 Å². The molecule has 0 radical (unpaired) electrons. The second-order valence-electron chi connectivity index (χ2n) is 8.28. The molecular weight excluding hydrogens is 518 g/mol. The number of oxime groups is 1. The molecule has 3 aliphatic rings. The Labute approximate surface area is 244 Å². The van der Waals surface area contributed by atoms with Crippen molar-refractivity contribution in [1.29, 1.82) is 0 Å². The monoisotopic (exact) mass is 561 g/mol. The third-order valence-electron chi connectivity index (χ3n) is 5.11. The van der Waals surface area contributed by atoms with Crippen molar-refractivity contribution in [3.05, 3.63) is 120 Å². The van der Waals surface area contributed by atoms with E-state index in [-0.39, 0.29) is 11.6 Å². The fraction of sp³-hybridized carbons (Fsp3) is 0.303. The van der Waals surface area contributed by atoms with Crippen LogP contribution in [0.1, 0.15) is 40.5 Å². The maximum absolute atomic E-state index is 12.5. The summed E-state index contributed by atoms with van der Waals surface area (Å²) in [6.45, 7) is 7.76. The van der Waals surface area contributed by atoms with Gasteiger partial charge < -0.3 is 24.4 Å². The maximum atomic E-state index is 12.5. The molecule has 2 aliphatic carbocycles. The fourth-order valence-corrected chi connectivity index (χ4v) is 3.26. The van der Waals surface area contributed by atoms with Gasteiger partial charge in [0.05, 0.1) is 13.4 Å². The molecule has 0 aromatic heterocycles. The molecule has 8 heteroatoms. The van der Waals surface area contributed by atoms with Crippen LogP contribution in [0.5, 0.6) is 0 Å². The molecule has 3 rings (SSSR count). The lowest BCUT2D eigenvalue weighted by Crippen LogP contribution is -2.28. The van der Waals surface area contributed by atoms with E-state index in [1.807, 2.05) is 75.5 Å². The van der Waals surface area contributed by atoms with Gasteiger partial charge in [-0.2, -0.15) is 0 Å². The Bertz CT molecular complexity index is 1220. The largest absolute Gasteiger partial charge is 0.497 e. The molecule has 0 spiro atoms. The van der Waals surface area contributed by atoms with Crippen molar-refractivity contribution < 1.29 is 23.8 Å². The normalized spacial score (nSPS) is 16.3.